The molecule has 1 amide bonds. The summed E-state index contributed by atoms with van der Waals surface area (Å²) in [6, 6.07) is 7.32. The molecule has 2 aromatic rings. The number of alkyl halides is 2. The number of anilines is 1. The monoisotopic (exact) mass is 268 g/mol. The van der Waals surface area contributed by atoms with Gasteiger partial charge in [0.05, 0.1) is 5.69 Å². The van der Waals surface area contributed by atoms with Gasteiger partial charge in [0.2, 0.25) is 0 Å². The van der Waals surface area contributed by atoms with Gasteiger partial charge < -0.3 is 14.6 Å². The molecule has 1 N–H and O–H groups in total. The van der Waals surface area contributed by atoms with Gasteiger partial charge in [0.25, 0.3) is 5.91 Å². The SMILES string of the molecule is Cc1cc(C(=O)Nc2ccccc2OC(F)F)no1. The maximum atomic E-state index is 12.2. The average molecular weight is 268 g/mol. The number of rotatable bonds is 4. The zero-order chi connectivity index (χ0) is 13.8. The Morgan fingerprint density at radius 2 is 2.16 bits per heavy atom. The average Bonchev–Trinajstić information content (AvgIpc) is 2.78. The van der Waals surface area contributed by atoms with Crippen molar-refractivity contribution in [2.45, 2.75) is 13.5 Å². The third-order valence-electron chi connectivity index (χ3n) is 2.21. The Morgan fingerprint density at radius 1 is 1.42 bits per heavy atom. The van der Waals surface area contributed by atoms with Crippen LogP contribution in [0.3, 0.4) is 0 Å². The van der Waals surface area contributed by atoms with Crippen molar-refractivity contribution in [1.82, 2.24) is 5.16 Å². The van der Waals surface area contributed by atoms with Crippen molar-refractivity contribution in [1.29, 1.82) is 0 Å². The number of hydrogen-bond acceptors (Lipinski definition) is 4. The molecule has 0 aliphatic carbocycles. The largest absolute Gasteiger partial charge is 0.433 e. The van der Waals surface area contributed by atoms with Crippen LogP contribution in [0.1, 0.15) is 16.2 Å². The van der Waals surface area contributed by atoms with Gasteiger partial charge in [-0.2, -0.15) is 8.78 Å². The minimum absolute atomic E-state index is 0.0596. The Labute approximate surface area is 107 Å². The molecule has 5 nitrogen and oxygen atoms in total. The number of amides is 1. The lowest BCUT2D eigenvalue weighted by Gasteiger charge is -2.10. The Bertz CT molecular complexity index is 584. The van der Waals surface area contributed by atoms with Gasteiger partial charge in [-0.3, -0.25) is 4.79 Å². The van der Waals surface area contributed by atoms with Gasteiger partial charge >= 0.3 is 6.61 Å². The first kappa shape index (κ1) is 13.0. The molecule has 19 heavy (non-hydrogen) atoms. The van der Waals surface area contributed by atoms with Crippen LogP contribution in [0, 0.1) is 6.92 Å². The molecular formula is C12H10F2N2O3. The third kappa shape index (κ3) is 3.27. The van der Waals surface area contributed by atoms with Crippen molar-refractivity contribution >= 4 is 11.6 Å². The number of nitrogens with one attached hydrogen (secondary N) is 1. The van der Waals surface area contributed by atoms with Gasteiger partial charge in [-0.1, -0.05) is 17.3 Å². The number of aromatic nitrogens is 1. The number of ether oxygens (including phenoxy) is 1. The minimum atomic E-state index is -2.97. The fourth-order valence-corrected chi connectivity index (χ4v) is 1.43. The summed E-state index contributed by atoms with van der Waals surface area (Å²) in [5.41, 5.74) is 0.192. The van der Waals surface area contributed by atoms with E-state index in [4.69, 9.17) is 4.52 Å². The van der Waals surface area contributed by atoms with Crippen LogP contribution >= 0.6 is 0 Å². The van der Waals surface area contributed by atoms with E-state index in [1.807, 2.05) is 0 Å². The molecule has 0 aliphatic heterocycles. The fraction of sp³-hybridized carbons (Fsp3) is 0.167. The number of carbonyl (C=O) groups is 1. The van der Waals surface area contributed by atoms with Crippen molar-refractivity contribution in [3.8, 4) is 5.75 Å². The second-order valence-corrected chi connectivity index (χ2v) is 3.65. The number of nitrogens with zero attached hydrogens (tertiary/aromatic N) is 1. The summed E-state index contributed by atoms with van der Waals surface area (Å²) in [6.45, 7) is -1.33. The molecule has 1 aromatic carbocycles. The molecule has 0 atom stereocenters. The molecule has 0 radical (unpaired) electrons. The highest BCUT2D eigenvalue weighted by atomic mass is 19.3. The lowest BCUT2D eigenvalue weighted by molar-refractivity contribution is -0.0493. The van der Waals surface area contributed by atoms with Crippen LogP contribution in [0.15, 0.2) is 34.9 Å². The quantitative estimate of drug-likeness (QED) is 0.926. The van der Waals surface area contributed by atoms with Gasteiger partial charge in [0.1, 0.15) is 11.5 Å². The maximum Gasteiger partial charge on any atom is 0.387 e. The summed E-state index contributed by atoms with van der Waals surface area (Å²) in [5.74, 6) is -0.213. The van der Waals surface area contributed by atoms with Crippen molar-refractivity contribution in [3.05, 3.63) is 41.8 Å². The first-order valence-electron chi connectivity index (χ1n) is 5.35. The summed E-state index contributed by atoms with van der Waals surface area (Å²) in [4.78, 5) is 11.8. The lowest BCUT2D eigenvalue weighted by Crippen LogP contribution is -2.14. The fourth-order valence-electron chi connectivity index (χ4n) is 1.43. The Kier molecular flexibility index (Phi) is 3.74. The number of benzene rings is 1. The highest BCUT2D eigenvalue weighted by Gasteiger charge is 2.15. The Morgan fingerprint density at radius 3 is 2.79 bits per heavy atom. The highest BCUT2D eigenvalue weighted by Crippen LogP contribution is 2.25. The van der Waals surface area contributed by atoms with Gasteiger partial charge in [-0.05, 0) is 19.1 Å². The van der Waals surface area contributed by atoms with Crippen LogP contribution in [0.5, 0.6) is 5.75 Å². The highest BCUT2D eigenvalue weighted by molar-refractivity contribution is 6.03. The Hall–Kier alpha value is -2.44. The molecule has 0 fully saturated rings. The van der Waals surface area contributed by atoms with E-state index >= 15 is 0 Å². The second-order valence-electron chi connectivity index (χ2n) is 3.65. The summed E-state index contributed by atoms with van der Waals surface area (Å²) in [7, 11) is 0. The first-order valence-corrected chi connectivity index (χ1v) is 5.35. The third-order valence-corrected chi connectivity index (χ3v) is 2.21. The molecule has 0 bridgehead atoms. The molecule has 0 spiro atoms. The second kappa shape index (κ2) is 5.47. The zero-order valence-corrected chi connectivity index (χ0v) is 9.89. The summed E-state index contributed by atoms with van der Waals surface area (Å²) in [5, 5.41) is 5.95. The minimum Gasteiger partial charge on any atom is -0.433 e. The van der Waals surface area contributed by atoms with Crippen LogP contribution < -0.4 is 10.1 Å². The van der Waals surface area contributed by atoms with Gasteiger partial charge in [-0.15, -0.1) is 0 Å². The topological polar surface area (TPSA) is 64.4 Å². The van der Waals surface area contributed by atoms with Crippen molar-refractivity contribution in [2.24, 2.45) is 0 Å². The molecule has 100 valence electrons. The molecule has 1 heterocycles. The lowest BCUT2D eigenvalue weighted by atomic mass is 10.2. The molecule has 0 aliphatic rings. The van der Waals surface area contributed by atoms with E-state index in [1.54, 1.807) is 13.0 Å². The molecule has 1 aromatic heterocycles. The van der Waals surface area contributed by atoms with Crippen LogP contribution in [0.2, 0.25) is 0 Å². The predicted octanol–water partition coefficient (Wildman–Crippen LogP) is 2.84. The van der Waals surface area contributed by atoms with E-state index < -0.39 is 12.5 Å². The first-order chi connectivity index (χ1) is 9.06. The van der Waals surface area contributed by atoms with Crippen molar-refractivity contribution < 1.29 is 22.8 Å². The molecule has 0 saturated heterocycles. The van der Waals surface area contributed by atoms with E-state index in [2.05, 4.69) is 15.2 Å². The van der Waals surface area contributed by atoms with Gasteiger partial charge in [0.15, 0.2) is 5.69 Å². The van der Waals surface area contributed by atoms with Crippen molar-refractivity contribution in [3.63, 3.8) is 0 Å². The Balaban J connectivity index is 2.16. The van der Waals surface area contributed by atoms with Crippen molar-refractivity contribution in [2.75, 3.05) is 5.32 Å². The maximum absolute atomic E-state index is 12.2. The van der Waals surface area contributed by atoms with E-state index in [9.17, 15) is 13.6 Å². The normalized spacial score (nSPS) is 10.5. The molecule has 0 saturated carbocycles. The number of hydrogen-bond donors (Lipinski definition) is 1. The zero-order valence-electron chi connectivity index (χ0n) is 9.89. The van der Waals surface area contributed by atoms with Crippen LogP contribution in [0.25, 0.3) is 0 Å². The van der Waals surface area contributed by atoms with E-state index in [1.165, 1.54) is 24.3 Å². The van der Waals surface area contributed by atoms with Crippen LogP contribution in [-0.2, 0) is 0 Å². The molecule has 2 rings (SSSR count). The summed E-state index contributed by atoms with van der Waals surface area (Å²) < 4.78 is 33.5. The summed E-state index contributed by atoms with van der Waals surface area (Å²) in [6.07, 6.45) is 0. The molecule has 7 heteroatoms. The smallest absolute Gasteiger partial charge is 0.387 e. The van der Waals surface area contributed by atoms with E-state index in [0.717, 1.165) is 0 Å². The number of carbonyl (C=O) groups excluding carboxylic acids is 1. The summed E-state index contributed by atoms with van der Waals surface area (Å²) >= 11 is 0. The number of aryl methyl sites for hydroxylation is 1. The van der Waals surface area contributed by atoms with E-state index in [0.29, 0.717) is 5.76 Å². The number of halogens is 2. The molecule has 0 unspecified atom stereocenters. The molecular weight excluding hydrogens is 258 g/mol. The number of para-hydroxylation sites is 2. The van der Waals surface area contributed by atoms with Crippen LogP contribution in [0.4, 0.5) is 14.5 Å². The van der Waals surface area contributed by atoms with Gasteiger partial charge in [-0.25, -0.2) is 0 Å². The predicted molar refractivity (Wildman–Crippen MR) is 62.3 cm³/mol. The van der Waals surface area contributed by atoms with Gasteiger partial charge in [0, 0.05) is 6.07 Å². The standard InChI is InChI=1S/C12H10F2N2O3/c1-7-6-9(16-19-7)11(17)15-8-4-2-3-5-10(8)18-12(13)14/h2-6,12H,1H3,(H,15,17). The van der Waals surface area contributed by atoms with E-state index in [-0.39, 0.29) is 17.1 Å². The van der Waals surface area contributed by atoms with Crippen LogP contribution in [-0.4, -0.2) is 17.7 Å².